The molecule has 1 atom stereocenters. The Hall–Kier alpha value is 1.03. The summed E-state index contributed by atoms with van der Waals surface area (Å²) >= 11 is 0. The fraction of sp³-hybridized carbons (Fsp3) is 1.00. The van der Waals surface area contributed by atoms with Crippen molar-refractivity contribution in [2.45, 2.75) is 109 Å². The zero-order chi connectivity index (χ0) is 21.1. The number of hydrogen-bond donors (Lipinski definition) is 3. The van der Waals surface area contributed by atoms with Crippen LogP contribution in [0.4, 0.5) is 0 Å². The molecule has 0 radical (unpaired) electrons. The molecular weight excluding hydrogens is 400 g/mol. The molecule has 0 amide bonds. The number of likely N-dealkylation sites (N-methyl/N-ethyl adjacent to an activating group) is 1. The Bertz CT molecular complexity index is 390. The van der Waals surface area contributed by atoms with Crippen LogP contribution in [0.2, 0.25) is 0 Å². The predicted molar refractivity (Wildman–Crippen MR) is 118 cm³/mol. The van der Waals surface area contributed by atoms with Crippen LogP contribution in [0.5, 0.6) is 0 Å². The second kappa shape index (κ2) is 22.2. The van der Waals surface area contributed by atoms with Gasteiger partial charge in [-0.05, 0) is 13.5 Å². The summed E-state index contributed by atoms with van der Waals surface area (Å²) in [5.41, 5.74) is 0. The fourth-order valence-electron chi connectivity index (χ4n) is 3.43. The first-order chi connectivity index (χ1) is 13.3. The molecule has 29 heavy (non-hydrogen) atoms. The summed E-state index contributed by atoms with van der Waals surface area (Å²) in [4.78, 5) is 19.1. The minimum Gasteiger partial charge on any atom is -1.00 e. The molecule has 0 heterocycles. The summed E-state index contributed by atoms with van der Waals surface area (Å²) in [5, 5.41) is 10.0. The van der Waals surface area contributed by atoms with Gasteiger partial charge in [-0.25, -0.2) is 4.57 Å². The third kappa shape index (κ3) is 27.0. The molecule has 0 saturated heterocycles. The molecule has 0 saturated carbocycles. The number of hydrogen-bond acceptors (Lipinski definition) is 4. The summed E-state index contributed by atoms with van der Waals surface area (Å²) in [6, 6.07) is 0. The summed E-state index contributed by atoms with van der Waals surface area (Å²) in [6.07, 6.45) is 19.0. The minimum absolute atomic E-state index is 0. The van der Waals surface area contributed by atoms with E-state index in [0.717, 1.165) is 12.8 Å². The Morgan fingerprint density at radius 1 is 0.862 bits per heavy atom. The van der Waals surface area contributed by atoms with Crippen LogP contribution in [0.25, 0.3) is 0 Å². The number of phosphoric ester groups is 1. The van der Waals surface area contributed by atoms with Gasteiger partial charge >= 0.3 is 37.4 Å². The van der Waals surface area contributed by atoms with Crippen LogP contribution in [-0.4, -0.2) is 52.6 Å². The summed E-state index contributed by atoms with van der Waals surface area (Å²) in [6.45, 7) is 3.12. The van der Waals surface area contributed by atoms with Crippen molar-refractivity contribution >= 4 is 7.82 Å². The predicted octanol–water partition coefficient (Wildman–Crippen LogP) is 2.38. The molecule has 0 fully saturated rings. The Morgan fingerprint density at radius 2 is 1.28 bits per heavy atom. The van der Waals surface area contributed by atoms with Gasteiger partial charge in [0.05, 0.1) is 12.7 Å². The maximum atomic E-state index is 10.6. The molecule has 0 aliphatic carbocycles. The summed E-state index contributed by atoms with van der Waals surface area (Å²) < 4.78 is 15.0. The molecule has 0 spiro atoms. The van der Waals surface area contributed by atoms with Gasteiger partial charge in [-0.15, -0.1) is 0 Å². The van der Waals surface area contributed by atoms with Crippen molar-refractivity contribution in [2.24, 2.45) is 0 Å². The minimum atomic E-state index is -4.39. The van der Waals surface area contributed by atoms with Gasteiger partial charge in [-0.1, -0.05) is 96.8 Å². The van der Waals surface area contributed by atoms with Gasteiger partial charge in [0.15, 0.2) is 0 Å². The Balaban J connectivity index is -0.00000364. The van der Waals surface area contributed by atoms with Crippen molar-refractivity contribution in [3.05, 3.63) is 0 Å². The molecule has 3 N–H and O–H groups in total. The quantitative estimate of drug-likeness (QED) is 0.142. The van der Waals surface area contributed by atoms with Crippen LogP contribution in [0, 0.1) is 0 Å². The molecule has 0 bridgehead atoms. The molecule has 0 rings (SSSR count). The second-order valence-corrected chi connectivity index (χ2v) is 9.36. The van der Waals surface area contributed by atoms with E-state index in [4.69, 9.17) is 9.79 Å². The summed E-state index contributed by atoms with van der Waals surface area (Å²) in [7, 11) is -2.57. The maximum absolute atomic E-state index is 10.6. The summed E-state index contributed by atoms with van der Waals surface area (Å²) in [5.74, 6) is 0. The first-order valence-corrected chi connectivity index (χ1v) is 12.9. The van der Waals surface area contributed by atoms with E-state index in [2.05, 4.69) is 11.4 Å². The van der Waals surface area contributed by atoms with Crippen LogP contribution < -0.4 is 29.6 Å². The molecule has 6 nitrogen and oxygen atoms in total. The monoisotopic (exact) mass is 447 g/mol. The van der Waals surface area contributed by atoms with Gasteiger partial charge in [0, 0.05) is 13.1 Å². The molecule has 1 unspecified atom stereocenters. The van der Waals surface area contributed by atoms with Crippen molar-refractivity contribution < 1.29 is 55.0 Å². The van der Waals surface area contributed by atoms with E-state index in [0.29, 0.717) is 13.1 Å². The van der Waals surface area contributed by atoms with Gasteiger partial charge in [0.2, 0.25) is 0 Å². The Morgan fingerprint density at radius 3 is 1.69 bits per heavy atom. The first-order valence-electron chi connectivity index (χ1n) is 11.4. The van der Waals surface area contributed by atoms with Crippen LogP contribution in [0.1, 0.15) is 105 Å². The molecule has 172 valence electrons. The largest absolute Gasteiger partial charge is 1.00 e. The van der Waals surface area contributed by atoms with E-state index in [1.165, 1.54) is 83.5 Å². The SMILES string of the molecule is CCCCCCCCCCCCCCCCC(O)CN(C)CCOP(=O)(O)O.[H-].[Na+]. The fourth-order valence-corrected chi connectivity index (χ4v) is 3.75. The standard InChI is InChI=1S/C21H46NO5P.Na.H/c1-3-4-5-6-7-8-9-10-11-12-13-14-15-16-17-21(23)20-22(2)18-19-27-28(24,25)26;;/h21,23H,3-20H2,1-2H3,(H2,24,25,26);;/q;+1;-1. The Labute approximate surface area is 203 Å². The van der Waals surface area contributed by atoms with Crippen LogP contribution in [0.3, 0.4) is 0 Å². The number of nitrogens with zero attached hydrogens (tertiary/aromatic N) is 1. The average molecular weight is 448 g/mol. The van der Waals surface area contributed by atoms with Crippen molar-refractivity contribution in [1.29, 1.82) is 0 Å². The average Bonchev–Trinajstić information content (AvgIpc) is 2.60. The molecule has 0 aromatic rings. The number of aliphatic hydroxyl groups excluding tert-OH is 1. The zero-order valence-electron chi connectivity index (χ0n) is 20.4. The van der Waals surface area contributed by atoms with Crippen molar-refractivity contribution in [2.75, 3.05) is 26.7 Å². The number of unbranched alkanes of at least 4 members (excludes halogenated alkanes) is 13. The molecular formula is C21H47NNaO5P. The van der Waals surface area contributed by atoms with E-state index >= 15 is 0 Å². The third-order valence-electron chi connectivity index (χ3n) is 5.15. The second-order valence-electron chi connectivity index (χ2n) is 8.12. The van der Waals surface area contributed by atoms with E-state index in [9.17, 15) is 9.67 Å². The number of rotatable bonds is 21. The van der Waals surface area contributed by atoms with Crippen molar-refractivity contribution in [3.63, 3.8) is 0 Å². The number of aliphatic hydroxyl groups is 1. The third-order valence-corrected chi connectivity index (χ3v) is 5.66. The molecule has 0 aliphatic rings. The van der Waals surface area contributed by atoms with Crippen molar-refractivity contribution in [3.8, 4) is 0 Å². The molecule has 8 heteroatoms. The smallest absolute Gasteiger partial charge is 1.00 e. The van der Waals surface area contributed by atoms with E-state index < -0.39 is 13.9 Å². The van der Waals surface area contributed by atoms with Crippen LogP contribution in [0.15, 0.2) is 0 Å². The van der Waals surface area contributed by atoms with E-state index in [1.807, 2.05) is 11.9 Å². The van der Waals surface area contributed by atoms with Gasteiger partial charge in [-0.3, -0.25) is 4.52 Å². The van der Waals surface area contributed by atoms with Gasteiger partial charge in [0.25, 0.3) is 0 Å². The number of phosphoric acid groups is 1. The van der Waals surface area contributed by atoms with Crippen LogP contribution in [-0.2, 0) is 9.09 Å². The molecule has 0 aliphatic heterocycles. The van der Waals surface area contributed by atoms with Gasteiger partial charge < -0.3 is 21.2 Å². The maximum Gasteiger partial charge on any atom is 1.00 e. The molecule has 0 aromatic heterocycles. The molecule has 0 aromatic carbocycles. The topological polar surface area (TPSA) is 90.2 Å². The van der Waals surface area contributed by atoms with Gasteiger partial charge in [0.1, 0.15) is 0 Å². The normalized spacial score (nSPS) is 12.9. The zero-order valence-corrected chi connectivity index (χ0v) is 22.3. The Kier molecular flexibility index (Phi) is 24.7. The van der Waals surface area contributed by atoms with E-state index in [1.54, 1.807) is 0 Å². The van der Waals surface area contributed by atoms with E-state index in [-0.39, 0.29) is 37.6 Å². The van der Waals surface area contributed by atoms with Gasteiger partial charge in [-0.2, -0.15) is 0 Å². The van der Waals surface area contributed by atoms with Crippen molar-refractivity contribution in [1.82, 2.24) is 4.90 Å². The first kappa shape index (κ1) is 32.2. The van der Waals surface area contributed by atoms with Crippen LogP contribution >= 0.6 is 7.82 Å².